The highest BCUT2D eigenvalue weighted by molar-refractivity contribution is 6.30. The molecule has 0 spiro atoms. The predicted octanol–water partition coefficient (Wildman–Crippen LogP) is 4.66. The molecule has 0 amide bonds. The maximum atomic E-state index is 6.16. The molecule has 0 fully saturated rings. The van der Waals surface area contributed by atoms with E-state index in [1.165, 1.54) is 5.56 Å². The zero-order chi connectivity index (χ0) is 13.2. The lowest BCUT2D eigenvalue weighted by atomic mass is 9.98. The fraction of sp³-hybridized carbons (Fsp3) is 0.250. The van der Waals surface area contributed by atoms with Crippen LogP contribution in [0.25, 0.3) is 0 Å². The highest BCUT2D eigenvalue weighted by Crippen LogP contribution is 2.39. The summed E-state index contributed by atoms with van der Waals surface area (Å²) in [7, 11) is 0. The third kappa shape index (κ3) is 2.41. The summed E-state index contributed by atoms with van der Waals surface area (Å²) in [6, 6.07) is 16.3. The first-order chi connectivity index (χ1) is 9.28. The molecular formula is C16H16ClNO. The van der Waals surface area contributed by atoms with Crippen molar-refractivity contribution < 1.29 is 4.74 Å². The zero-order valence-corrected chi connectivity index (χ0v) is 11.5. The molecule has 19 heavy (non-hydrogen) atoms. The van der Waals surface area contributed by atoms with Crippen LogP contribution in [0.2, 0.25) is 5.02 Å². The largest absolute Gasteiger partial charge is 0.481 e. The predicted molar refractivity (Wildman–Crippen MR) is 79.0 cm³/mol. The average Bonchev–Trinajstić information content (AvgIpc) is 2.46. The van der Waals surface area contributed by atoms with Gasteiger partial charge in [-0.25, -0.2) is 0 Å². The molecule has 0 saturated carbocycles. The van der Waals surface area contributed by atoms with Gasteiger partial charge in [-0.2, -0.15) is 0 Å². The van der Waals surface area contributed by atoms with E-state index in [4.69, 9.17) is 16.3 Å². The maximum absolute atomic E-state index is 6.16. The molecule has 2 nitrogen and oxygen atoms in total. The molecular weight excluding hydrogens is 258 g/mol. The molecule has 0 aromatic heterocycles. The molecule has 1 heterocycles. The summed E-state index contributed by atoms with van der Waals surface area (Å²) in [5.74, 6) is 0.864. The first-order valence-corrected chi connectivity index (χ1v) is 6.93. The second-order valence-corrected chi connectivity index (χ2v) is 5.19. The van der Waals surface area contributed by atoms with Crippen molar-refractivity contribution in [2.45, 2.75) is 25.5 Å². The van der Waals surface area contributed by atoms with Gasteiger partial charge in [-0.05, 0) is 30.2 Å². The lowest BCUT2D eigenvalue weighted by Crippen LogP contribution is -2.34. The van der Waals surface area contributed by atoms with E-state index < -0.39 is 0 Å². The monoisotopic (exact) mass is 273 g/mol. The van der Waals surface area contributed by atoms with Crippen LogP contribution in [0.4, 0.5) is 5.69 Å². The topological polar surface area (TPSA) is 21.3 Å². The van der Waals surface area contributed by atoms with Crippen molar-refractivity contribution in [1.82, 2.24) is 0 Å². The first-order valence-electron chi connectivity index (χ1n) is 6.55. The highest BCUT2D eigenvalue weighted by Gasteiger charge is 2.29. The van der Waals surface area contributed by atoms with Gasteiger partial charge in [0.15, 0.2) is 0 Å². The summed E-state index contributed by atoms with van der Waals surface area (Å²) in [6.07, 6.45) is 1.03. The van der Waals surface area contributed by atoms with Crippen LogP contribution in [0, 0.1) is 0 Å². The fourth-order valence-corrected chi connectivity index (χ4v) is 2.64. The van der Waals surface area contributed by atoms with Crippen molar-refractivity contribution in [2.75, 3.05) is 5.32 Å². The van der Waals surface area contributed by atoms with E-state index in [-0.39, 0.29) is 12.1 Å². The molecule has 2 atom stereocenters. The maximum Gasteiger partial charge on any atom is 0.144 e. The Kier molecular flexibility index (Phi) is 3.34. The Morgan fingerprint density at radius 2 is 1.95 bits per heavy atom. The molecule has 2 aromatic rings. The number of anilines is 1. The van der Waals surface area contributed by atoms with Crippen LogP contribution in [0.3, 0.4) is 0 Å². The standard InChI is InChI=1S/C16H16ClNO/c1-2-13-16(11-6-4-3-5-7-11)19-15-9-8-12(17)10-14(15)18-13/h3-10,13,16,18H,2H2,1H3. The van der Waals surface area contributed by atoms with Crippen molar-refractivity contribution in [3.05, 3.63) is 59.1 Å². The van der Waals surface area contributed by atoms with Crippen LogP contribution in [-0.2, 0) is 0 Å². The fourth-order valence-electron chi connectivity index (χ4n) is 2.47. The highest BCUT2D eigenvalue weighted by atomic mass is 35.5. The number of ether oxygens (including phenoxy) is 1. The van der Waals surface area contributed by atoms with E-state index in [0.717, 1.165) is 22.9 Å². The lowest BCUT2D eigenvalue weighted by Gasteiger charge is -2.35. The van der Waals surface area contributed by atoms with Crippen LogP contribution in [0.15, 0.2) is 48.5 Å². The van der Waals surface area contributed by atoms with E-state index in [0.29, 0.717) is 0 Å². The molecule has 1 aliphatic rings. The Bertz CT molecular complexity index is 570. The van der Waals surface area contributed by atoms with Gasteiger partial charge in [-0.15, -0.1) is 0 Å². The van der Waals surface area contributed by atoms with E-state index in [2.05, 4.69) is 24.4 Å². The number of halogens is 1. The number of benzene rings is 2. The lowest BCUT2D eigenvalue weighted by molar-refractivity contribution is 0.168. The summed E-state index contributed by atoms with van der Waals surface area (Å²) in [4.78, 5) is 0. The summed E-state index contributed by atoms with van der Waals surface area (Å²) in [6.45, 7) is 2.16. The van der Waals surface area contributed by atoms with Gasteiger partial charge >= 0.3 is 0 Å². The van der Waals surface area contributed by atoms with Crippen molar-refractivity contribution in [2.24, 2.45) is 0 Å². The van der Waals surface area contributed by atoms with Gasteiger partial charge in [0.25, 0.3) is 0 Å². The van der Waals surface area contributed by atoms with Gasteiger partial charge in [0.1, 0.15) is 11.9 Å². The van der Waals surface area contributed by atoms with Gasteiger partial charge in [0.2, 0.25) is 0 Å². The second-order valence-electron chi connectivity index (χ2n) is 4.75. The number of nitrogens with one attached hydrogen (secondary N) is 1. The van der Waals surface area contributed by atoms with Gasteiger partial charge < -0.3 is 10.1 Å². The van der Waals surface area contributed by atoms with Crippen LogP contribution in [0.1, 0.15) is 25.0 Å². The van der Waals surface area contributed by atoms with Gasteiger partial charge in [0, 0.05) is 5.02 Å². The molecule has 0 aliphatic carbocycles. The zero-order valence-electron chi connectivity index (χ0n) is 10.8. The number of hydrogen-bond acceptors (Lipinski definition) is 2. The summed E-state index contributed by atoms with van der Waals surface area (Å²) in [5, 5.41) is 4.25. The van der Waals surface area contributed by atoms with Gasteiger partial charge in [-0.1, -0.05) is 48.9 Å². The molecule has 3 rings (SSSR count). The van der Waals surface area contributed by atoms with Crippen LogP contribution in [-0.4, -0.2) is 6.04 Å². The smallest absolute Gasteiger partial charge is 0.144 e. The summed E-state index contributed by atoms with van der Waals surface area (Å²) in [5.41, 5.74) is 2.17. The Hall–Kier alpha value is -1.67. The van der Waals surface area contributed by atoms with Crippen LogP contribution >= 0.6 is 11.6 Å². The minimum atomic E-state index is 0.0416. The normalized spacial score (nSPS) is 21.2. The number of rotatable bonds is 2. The summed E-state index contributed by atoms with van der Waals surface area (Å²) < 4.78 is 6.16. The van der Waals surface area contributed by atoms with Crippen molar-refractivity contribution in [1.29, 1.82) is 0 Å². The first kappa shape index (κ1) is 12.4. The van der Waals surface area contributed by atoms with Gasteiger partial charge in [0.05, 0.1) is 11.7 Å². The summed E-state index contributed by atoms with van der Waals surface area (Å²) >= 11 is 6.03. The average molecular weight is 274 g/mol. The number of fused-ring (bicyclic) bond motifs is 1. The van der Waals surface area contributed by atoms with Crippen molar-refractivity contribution in [3.8, 4) is 5.75 Å². The third-order valence-electron chi connectivity index (χ3n) is 3.47. The molecule has 1 N–H and O–H groups in total. The van der Waals surface area contributed by atoms with Crippen molar-refractivity contribution in [3.63, 3.8) is 0 Å². The van der Waals surface area contributed by atoms with Crippen LogP contribution in [0.5, 0.6) is 5.75 Å². The second kappa shape index (κ2) is 5.14. The van der Waals surface area contributed by atoms with Crippen molar-refractivity contribution >= 4 is 17.3 Å². The Labute approximate surface area is 118 Å². The quantitative estimate of drug-likeness (QED) is 0.859. The Morgan fingerprint density at radius 3 is 2.68 bits per heavy atom. The molecule has 2 aromatic carbocycles. The van der Waals surface area contributed by atoms with E-state index in [1.54, 1.807) is 0 Å². The number of hydrogen-bond donors (Lipinski definition) is 1. The third-order valence-corrected chi connectivity index (χ3v) is 3.70. The molecule has 2 unspecified atom stereocenters. The van der Waals surface area contributed by atoms with E-state index in [9.17, 15) is 0 Å². The Balaban J connectivity index is 1.96. The van der Waals surface area contributed by atoms with E-state index in [1.807, 2.05) is 36.4 Å². The minimum Gasteiger partial charge on any atom is -0.481 e. The molecule has 98 valence electrons. The molecule has 0 bridgehead atoms. The Morgan fingerprint density at radius 1 is 1.16 bits per heavy atom. The SMILES string of the molecule is CCC1Nc2cc(Cl)ccc2OC1c1ccccc1. The molecule has 0 radical (unpaired) electrons. The molecule has 0 saturated heterocycles. The van der Waals surface area contributed by atoms with E-state index >= 15 is 0 Å². The molecule has 1 aliphatic heterocycles. The van der Waals surface area contributed by atoms with Crippen LogP contribution < -0.4 is 10.1 Å². The molecule has 3 heteroatoms. The minimum absolute atomic E-state index is 0.0416. The van der Waals surface area contributed by atoms with Gasteiger partial charge in [-0.3, -0.25) is 0 Å².